The third-order valence-electron chi connectivity index (χ3n) is 3.60. The molecule has 2 aromatic heterocycles. The number of nitrogens with zero attached hydrogens (tertiary/aromatic N) is 4. The molecule has 0 fully saturated rings. The normalized spacial score (nSPS) is 10.4. The fourth-order valence-electron chi connectivity index (χ4n) is 2.31. The van der Waals surface area contributed by atoms with Crippen molar-refractivity contribution in [1.29, 1.82) is 0 Å². The number of nitrogens with one attached hydrogen (secondary N) is 1. The minimum absolute atomic E-state index is 0.152. The molecule has 24 heavy (non-hydrogen) atoms. The Labute approximate surface area is 140 Å². The van der Waals surface area contributed by atoms with Crippen LogP contribution in [0.3, 0.4) is 0 Å². The van der Waals surface area contributed by atoms with Gasteiger partial charge in [0, 0.05) is 43.9 Å². The summed E-state index contributed by atoms with van der Waals surface area (Å²) < 4.78 is 1.77. The van der Waals surface area contributed by atoms with E-state index in [0.29, 0.717) is 17.8 Å². The first kappa shape index (κ1) is 15.7. The molecule has 3 aromatic rings. The van der Waals surface area contributed by atoms with Crippen LogP contribution in [0.25, 0.3) is 0 Å². The van der Waals surface area contributed by atoms with Gasteiger partial charge < -0.3 is 10.2 Å². The van der Waals surface area contributed by atoms with Crippen LogP contribution in [0.4, 0.5) is 11.4 Å². The van der Waals surface area contributed by atoms with Gasteiger partial charge in [-0.1, -0.05) is 6.07 Å². The molecule has 0 bridgehead atoms. The Morgan fingerprint density at radius 2 is 1.96 bits per heavy atom. The van der Waals surface area contributed by atoms with Crippen LogP contribution < -0.4 is 10.2 Å². The summed E-state index contributed by atoms with van der Waals surface area (Å²) in [5, 5.41) is 7.12. The average molecular weight is 321 g/mol. The maximum absolute atomic E-state index is 12.3. The van der Waals surface area contributed by atoms with E-state index in [1.807, 2.05) is 55.4 Å². The second-order valence-corrected chi connectivity index (χ2v) is 5.68. The molecule has 0 atom stereocenters. The molecule has 1 amide bonds. The Kier molecular flexibility index (Phi) is 4.56. The van der Waals surface area contributed by atoms with Gasteiger partial charge in [0.1, 0.15) is 0 Å². The van der Waals surface area contributed by atoms with Gasteiger partial charge in [-0.05, 0) is 35.9 Å². The van der Waals surface area contributed by atoms with Gasteiger partial charge in [0.2, 0.25) is 0 Å². The van der Waals surface area contributed by atoms with Crippen LogP contribution in [0.2, 0.25) is 0 Å². The highest BCUT2D eigenvalue weighted by atomic mass is 16.1. The number of pyridine rings is 1. The zero-order chi connectivity index (χ0) is 16.9. The molecule has 0 spiro atoms. The van der Waals surface area contributed by atoms with E-state index in [1.54, 1.807) is 29.5 Å². The summed E-state index contributed by atoms with van der Waals surface area (Å²) in [6.07, 6.45) is 6.98. The van der Waals surface area contributed by atoms with Crippen LogP contribution in [-0.4, -0.2) is 34.8 Å². The fourth-order valence-corrected chi connectivity index (χ4v) is 2.31. The van der Waals surface area contributed by atoms with E-state index < -0.39 is 0 Å². The zero-order valence-corrected chi connectivity index (χ0v) is 13.7. The van der Waals surface area contributed by atoms with Crippen LogP contribution in [0.5, 0.6) is 0 Å². The largest absolute Gasteiger partial charge is 0.378 e. The van der Waals surface area contributed by atoms with E-state index in [2.05, 4.69) is 15.4 Å². The summed E-state index contributed by atoms with van der Waals surface area (Å²) in [6.45, 7) is 0.612. The molecule has 0 aliphatic rings. The van der Waals surface area contributed by atoms with Crippen LogP contribution in [0, 0.1) is 0 Å². The summed E-state index contributed by atoms with van der Waals surface area (Å²) in [4.78, 5) is 18.4. The van der Waals surface area contributed by atoms with Crippen molar-refractivity contribution in [1.82, 2.24) is 14.8 Å². The molecule has 0 saturated heterocycles. The topological polar surface area (TPSA) is 63.1 Å². The first-order valence-electron chi connectivity index (χ1n) is 7.62. The van der Waals surface area contributed by atoms with Crippen molar-refractivity contribution in [2.24, 2.45) is 0 Å². The number of hydrogen-bond acceptors (Lipinski definition) is 4. The van der Waals surface area contributed by atoms with Crippen molar-refractivity contribution in [3.05, 3.63) is 72.3 Å². The molecule has 2 heterocycles. The van der Waals surface area contributed by atoms with Crippen LogP contribution >= 0.6 is 0 Å². The average Bonchev–Trinajstić information content (AvgIpc) is 3.02. The maximum atomic E-state index is 12.3. The number of carbonyl (C=O) groups is 1. The molecule has 0 aliphatic heterocycles. The van der Waals surface area contributed by atoms with Gasteiger partial charge in [0.05, 0.1) is 18.4 Å². The molecule has 6 heteroatoms. The number of benzene rings is 1. The van der Waals surface area contributed by atoms with Gasteiger partial charge >= 0.3 is 0 Å². The number of carbonyl (C=O) groups excluding carboxylic acids is 1. The molecule has 3 rings (SSSR count). The van der Waals surface area contributed by atoms with Gasteiger partial charge in [0.25, 0.3) is 5.91 Å². The van der Waals surface area contributed by atoms with Gasteiger partial charge in [-0.2, -0.15) is 5.10 Å². The number of aromatic nitrogens is 3. The van der Waals surface area contributed by atoms with Crippen molar-refractivity contribution >= 4 is 17.3 Å². The van der Waals surface area contributed by atoms with E-state index >= 15 is 0 Å². The monoisotopic (exact) mass is 321 g/mol. The molecular weight excluding hydrogens is 302 g/mol. The molecule has 0 aliphatic carbocycles. The molecule has 1 N–H and O–H groups in total. The first-order chi connectivity index (χ1) is 11.6. The van der Waals surface area contributed by atoms with Crippen LogP contribution in [-0.2, 0) is 6.54 Å². The minimum Gasteiger partial charge on any atom is -0.378 e. The highest BCUT2D eigenvalue weighted by Crippen LogP contribution is 2.14. The molecular formula is C18H19N5O. The fraction of sp³-hybridized carbons (Fsp3) is 0.167. The predicted molar refractivity (Wildman–Crippen MR) is 94.3 cm³/mol. The lowest BCUT2D eigenvalue weighted by atomic mass is 10.2. The van der Waals surface area contributed by atoms with Gasteiger partial charge in [-0.25, -0.2) is 0 Å². The summed E-state index contributed by atoms with van der Waals surface area (Å²) in [6, 6.07) is 11.3. The van der Waals surface area contributed by atoms with Crippen molar-refractivity contribution < 1.29 is 4.79 Å². The maximum Gasteiger partial charge on any atom is 0.255 e. The second kappa shape index (κ2) is 6.95. The molecule has 0 saturated carbocycles. The SMILES string of the molecule is CN(C)c1ccc(C(=O)Nc2cnn(Cc3cccnc3)c2)cc1. The Morgan fingerprint density at radius 3 is 2.62 bits per heavy atom. The van der Waals surface area contributed by atoms with E-state index in [4.69, 9.17) is 0 Å². The van der Waals surface area contributed by atoms with Gasteiger partial charge in [-0.3, -0.25) is 14.5 Å². The third kappa shape index (κ3) is 3.78. The smallest absolute Gasteiger partial charge is 0.255 e. The zero-order valence-electron chi connectivity index (χ0n) is 13.7. The first-order valence-corrected chi connectivity index (χ1v) is 7.62. The van der Waals surface area contributed by atoms with Crippen LogP contribution in [0.15, 0.2) is 61.2 Å². The molecule has 0 unspecified atom stereocenters. The molecule has 122 valence electrons. The standard InChI is InChI=1S/C18H19N5O/c1-22(2)17-7-5-15(6-8-17)18(24)21-16-11-20-23(13-16)12-14-4-3-9-19-10-14/h3-11,13H,12H2,1-2H3,(H,21,24). The Balaban J connectivity index is 1.64. The van der Waals surface area contributed by atoms with Gasteiger partial charge in [-0.15, -0.1) is 0 Å². The third-order valence-corrected chi connectivity index (χ3v) is 3.60. The van der Waals surface area contributed by atoms with Crippen molar-refractivity contribution in [2.45, 2.75) is 6.54 Å². The molecule has 6 nitrogen and oxygen atoms in total. The quantitative estimate of drug-likeness (QED) is 0.785. The molecule has 1 aromatic carbocycles. The highest BCUT2D eigenvalue weighted by molar-refractivity contribution is 6.04. The van der Waals surface area contributed by atoms with E-state index in [-0.39, 0.29) is 5.91 Å². The van der Waals surface area contributed by atoms with Crippen LogP contribution in [0.1, 0.15) is 15.9 Å². The summed E-state index contributed by atoms with van der Waals surface area (Å²) >= 11 is 0. The number of amides is 1. The summed E-state index contributed by atoms with van der Waals surface area (Å²) in [7, 11) is 3.93. The lowest BCUT2D eigenvalue weighted by Crippen LogP contribution is -2.12. The van der Waals surface area contributed by atoms with E-state index in [0.717, 1.165) is 11.3 Å². The van der Waals surface area contributed by atoms with Crippen molar-refractivity contribution in [3.63, 3.8) is 0 Å². The second-order valence-electron chi connectivity index (χ2n) is 5.68. The number of rotatable bonds is 5. The highest BCUT2D eigenvalue weighted by Gasteiger charge is 2.08. The van der Waals surface area contributed by atoms with E-state index in [9.17, 15) is 4.79 Å². The Morgan fingerprint density at radius 1 is 1.17 bits per heavy atom. The van der Waals surface area contributed by atoms with E-state index in [1.165, 1.54) is 0 Å². The predicted octanol–water partition coefficient (Wildman–Crippen LogP) is 2.64. The lowest BCUT2D eigenvalue weighted by Gasteiger charge is -2.12. The lowest BCUT2D eigenvalue weighted by molar-refractivity contribution is 0.102. The molecule has 0 radical (unpaired) electrons. The summed E-state index contributed by atoms with van der Waals surface area (Å²) in [5.74, 6) is -0.152. The Bertz CT molecular complexity index is 809. The summed E-state index contributed by atoms with van der Waals surface area (Å²) in [5.41, 5.74) is 3.38. The minimum atomic E-state index is -0.152. The van der Waals surface area contributed by atoms with Crippen molar-refractivity contribution in [2.75, 3.05) is 24.3 Å². The number of anilines is 2. The number of hydrogen-bond donors (Lipinski definition) is 1. The van der Waals surface area contributed by atoms with Gasteiger partial charge in [0.15, 0.2) is 0 Å². The Hall–Kier alpha value is -3.15. The van der Waals surface area contributed by atoms with Crippen molar-refractivity contribution in [3.8, 4) is 0 Å².